The van der Waals surface area contributed by atoms with Gasteiger partial charge in [0.15, 0.2) is 9.84 Å². The Hall–Kier alpha value is -3.14. The third-order valence-corrected chi connectivity index (χ3v) is 7.02. The molecule has 4 rings (SSSR count). The Kier molecular flexibility index (Phi) is 8.52. The number of alkyl halides is 2. The minimum absolute atomic E-state index is 0.168. The van der Waals surface area contributed by atoms with Gasteiger partial charge in [0.05, 0.1) is 21.3 Å². The summed E-state index contributed by atoms with van der Waals surface area (Å²) in [5.74, 6) is -0.459. The van der Waals surface area contributed by atoms with Crippen LogP contribution in [0.3, 0.4) is 0 Å². The summed E-state index contributed by atoms with van der Waals surface area (Å²) in [6, 6.07) is 18.6. The molecule has 0 unspecified atom stereocenters. The van der Waals surface area contributed by atoms with Crippen LogP contribution in [0.4, 0.5) is 13.2 Å². The molecule has 1 heterocycles. The molecule has 0 fully saturated rings. The number of hydrogen-bond acceptors (Lipinski definition) is 4. The Bertz CT molecular complexity index is 1530. The highest BCUT2D eigenvalue weighted by Gasteiger charge is 2.30. The lowest BCUT2D eigenvalue weighted by Crippen LogP contribution is -2.17. The number of halogens is 4. The molecule has 5 nitrogen and oxygen atoms in total. The Morgan fingerprint density at radius 2 is 1.62 bits per heavy atom. The Labute approximate surface area is 219 Å². The van der Waals surface area contributed by atoms with Gasteiger partial charge in [-0.05, 0) is 73.9 Å². The van der Waals surface area contributed by atoms with E-state index in [9.17, 15) is 26.7 Å². The Morgan fingerprint density at radius 1 is 1.00 bits per heavy atom. The van der Waals surface area contributed by atoms with Crippen molar-refractivity contribution >= 4 is 21.4 Å². The number of benzene rings is 3. The lowest BCUT2D eigenvalue weighted by Gasteiger charge is -2.14. The van der Waals surface area contributed by atoms with E-state index in [1.165, 1.54) is 12.3 Å². The molecule has 0 amide bonds. The molecule has 0 aliphatic carbocycles. The van der Waals surface area contributed by atoms with Gasteiger partial charge < -0.3 is 5.11 Å². The Balaban J connectivity index is 0.00000121. The molecule has 0 atom stereocenters. The zero-order valence-corrected chi connectivity index (χ0v) is 22.2. The molecule has 1 aromatic heterocycles. The molecule has 0 spiro atoms. The number of aliphatic hydroxyl groups is 1. The molecule has 1 N–H and O–H groups in total. The lowest BCUT2D eigenvalue weighted by atomic mass is 10.0. The van der Waals surface area contributed by atoms with Gasteiger partial charge in [0, 0.05) is 11.8 Å². The maximum absolute atomic E-state index is 14.8. The first kappa shape index (κ1) is 28.4. The number of rotatable bonds is 5. The molecule has 0 saturated carbocycles. The van der Waals surface area contributed by atoms with Gasteiger partial charge in [0.1, 0.15) is 17.1 Å². The van der Waals surface area contributed by atoms with Gasteiger partial charge in [0.25, 0.3) is 0 Å². The van der Waals surface area contributed by atoms with Crippen molar-refractivity contribution in [3.05, 3.63) is 88.8 Å². The molecule has 0 saturated heterocycles. The molecule has 0 bridgehead atoms. The van der Waals surface area contributed by atoms with Crippen molar-refractivity contribution in [2.75, 3.05) is 13.2 Å². The van der Waals surface area contributed by atoms with Gasteiger partial charge in [-0.1, -0.05) is 41.9 Å². The first-order valence-electron chi connectivity index (χ1n) is 11.1. The number of aromatic nitrogens is 2. The number of nitrogens with zero attached hydrogens (tertiary/aromatic N) is 2. The summed E-state index contributed by atoms with van der Waals surface area (Å²) >= 11 is 6.64. The van der Waals surface area contributed by atoms with Crippen LogP contribution in [-0.4, -0.2) is 36.5 Å². The fraction of sp³-hybridized carbons (Fsp3) is 0.222. The largest absolute Gasteiger partial charge is 0.384 e. The predicted molar refractivity (Wildman–Crippen MR) is 140 cm³/mol. The van der Waals surface area contributed by atoms with Gasteiger partial charge in [-0.3, -0.25) is 0 Å². The molecule has 4 aromatic rings. The highest BCUT2D eigenvalue weighted by Crippen LogP contribution is 2.39. The zero-order valence-electron chi connectivity index (χ0n) is 20.6. The second kappa shape index (κ2) is 11.1. The van der Waals surface area contributed by atoms with Crippen molar-refractivity contribution in [1.29, 1.82) is 0 Å². The summed E-state index contributed by atoms with van der Waals surface area (Å²) in [6.07, 6.45) is 1.17. The number of hydrogen-bond donors (Lipinski definition) is 1. The van der Waals surface area contributed by atoms with Gasteiger partial charge in [-0.15, -0.1) is 0 Å². The monoisotopic (exact) mass is 550 g/mol. The molecule has 0 aliphatic heterocycles. The first-order chi connectivity index (χ1) is 17.3. The number of sulfone groups is 1. The van der Waals surface area contributed by atoms with Crippen molar-refractivity contribution < 1.29 is 26.7 Å². The van der Waals surface area contributed by atoms with Crippen LogP contribution in [-0.2, 0) is 15.4 Å². The maximum Gasteiger partial charge on any atom is 0.229 e. The van der Waals surface area contributed by atoms with E-state index >= 15 is 0 Å². The van der Waals surface area contributed by atoms with Gasteiger partial charge in [0.2, 0.25) is 6.93 Å². The average molecular weight is 551 g/mol. The van der Waals surface area contributed by atoms with Gasteiger partial charge in [-0.25, -0.2) is 26.3 Å². The molecule has 196 valence electrons. The van der Waals surface area contributed by atoms with Crippen LogP contribution in [0.2, 0.25) is 5.02 Å². The van der Waals surface area contributed by atoms with E-state index in [1.54, 1.807) is 54.9 Å². The standard InChI is InChI=1S/C26H24ClFN2O3S.CH2F2/c1-16-14-18(17-8-7-9-19(15-17)34(4,32)33)12-13-22(16)30-24(20-10-5-6-11-21(20)28)23(27)25(29-30)26(2,3)31;2-1-3/h5-15,31H,1-4H3;1H2. The van der Waals surface area contributed by atoms with E-state index in [0.717, 1.165) is 16.7 Å². The lowest BCUT2D eigenvalue weighted by molar-refractivity contribution is 0.0735. The van der Waals surface area contributed by atoms with E-state index in [0.29, 0.717) is 11.4 Å². The second-order valence-corrected chi connectivity index (χ2v) is 11.3. The second-order valence-electron chi connectivity index (χ2n) is 8.86. The van der Waals surface area contributed by atoms with Crippen LogP contribution >= 0.6 is 11.6 Å². The van der Waals surface area contributed by atoms with Gasteiger partial charge >= 0.3 is 0 Å². The topological polar surface area (TPSA) is 72.2 Å². The Morgan fingerprint density at radius 3 is 2.19 bits per heavy atom. The summed E-state index contributed by atoms with van der Waals surface area (Å²) < 4.78 is 59.5. The summed E-state index contributed by atoms with van der Waals surface area (Å²) in [5, 5.41) is 15.4. The maximum atomic E-state index is 14.8. The number of aryl methyl sites for hydroxylation is 1. The quantitative estimate of drug-likeness (QED) is 0.296. The summed E-state index contributed by atoms with van der Waals surface area (Å²) in [6.45, 7) is 3.27. The zero-order chi connectivity index (χ0) is 27.5. The molecular weight excluding hydrogens is 525 g/mol. The van der Waals surface area contributed by atoms with Crippen LogP contribution in [0.15, 0.2) is 71.6 Å². The van der Waals surface area contributed by atoms with E-state index in [2.05, 4.69) is 5.10 Å². The van der Waals surface area contributed by atoms with Crippen LogP contribution < -0.4 is 0 Å². The van der Waals surface area contributed by atoms with Crippen molar-refractivity contribution in [3.63, 3.8) is 0 Å². The molecular formula is C27H26ClF3N2O3S. The molecule has 10 heteroatoms. The summed E-state index contributed by atoms with van der Waals surface area (Å²) in [5.41, 5.74) is 2.52. The van der Waals surface area contributed by atoms with E-state index < -0.39 is 28.2 Å². The van der Waals surface area contributed by atoms with E-state index in [-0.39, 0.29) is 21.2 Å². The predicted octanol–water partition coefficient (Wildman–Crippen LogP) is 6.82. The smallest absolute Gasteiger partial charge is 0.229 e. The fourth-order valence-electron chi connectivity index (χ4n) is 3.83. The van der Waals surface area contributed by atoms with Gasteiger partial charge in [-0.2, -0.15) is 5.10 Å². The average Bonchev–Trinajstić information content (AvgIpc) is 3.16. The minimum atomic E-state index is -3.34. The summed E-state index contributed by atoms with van der Waals surface area (Å²) in [4.78, 5) is 0.238. The third-order valence-electron chi connectivity index (χ3n) is 5.56. The molecule has 3 aromatic carbocycles. The van der Waals surface area contributed by atoms with Crippen molar-refractivity contribution in [2.45, 2.75) is 31.3 Å². The van der Waals surface area contributed by atoms with Crippen LogP contribution in [0.1, 0.15) is 25.1 Å². The van der Waals surface area contributed by atoms with E-state index in [1.807, 2.05) is 31.2 Å². The fourth-order valence-corrected chi connectivity index (χ4v) is 4.95. The highest BCUT2D eigenvalue weighted by molar-refractivity contribution is 7.90. The molecule has 0 aliphatic rings. The minimum Gasteiger partial charge on any atom is -0.384 e. The van der Waals surface area contributed by atoms with Crippen molar-refractivity contribution in [2.24, 2.45) is 0 Å². The summed E-state index contributed by atoms with van der Waals surface area (Å²) in [7, 11) is -3.34. The first-order valence-corrected chi connectivity index (χ1v) is 13.4. The molecule has 37 heavy (non-hydrogen) atoms. The van der Waals surface area contributed by atoms with Crippen LogP contribution in [0, 0.1) is 12.7 Å². The van der Waals surface area contributed by atoms with Crippen molar-refractivity contribution in [3.8, 4) is 28.1 Å². The molecule has 0 radical (unpaired) electrons. The van der Waals surface area contributed by atoms with Crippen molar-refractivity contribution in [1.82, 2.24) is 9.78 Å². The van der Waals surface area contributed by atoms with Crippen LogP contribution in [0.25, 0.3) is 28.1 Å². The van der Waals surface area contributed by atoms with Crippen LogP contribution in [0.5, 0.6) is 0 Å². The normalized spacial score (nSPS) is 11.7. The van der Waals surface area contributed by atoms with E-state index in [4.69, 9.17) is 11.6 Å². The SMILES string of the molecule is Cc1cc(-c2cccc(S(C)(=O)=O)c2)ccc1-n1nc(C(C)(C)O)c(Cl)c1-c1ccccc1F.FCF. The highest BCUT2D eigenvalue weighted by atomic mass is 35.5. The third kappa shape index (κ3) is 6.23.